The number of nitrogens with one attached hydrogen (secondary N) is 2. The predicted octanol–water partition coefficient (Wildman–Crippen LogP) is 4.83. The minimum Gasteiger partial charge on any atom is -0.321 e. The fraction of sp³-hybridized carbons (Fsp3) is 0.154. The fourth-order valence-corrected chi connectivity index (χ4v) is 4.39. The molecule has 0 fully saturated rings. The molecule has 33 heavy (non-hydrogen) atoms. The molecule has 3 heterocycles. The molecule has 7 heteroatoms. The minimum absolute atomic E-state index is 0.202. The van der Waals surface area contributed by atoms with Gasteiger partial charge in [0.2, 0.25) is 0 Å². The van der Waals surface area contributed by atoms with Gasteiger partial charge in [0, 0.05) is 0 Å². The summed E-state index contributed by atoms with van der Waals surface area (Å²) in [6, 6.07) is 17.8. The van der Waals surface area contributed by atoms with Crippen molar-refractivity contribution in [2.24, 2.45) is 5.10 Å². The Labute approximate surface area is 190 Å². The lowest BCUT2D eigenvalue weighted by Crippen LogP contribution is -2.13. The first-order valence-corrected chi connectivity index (χ1v) is 10.8. The highest BCUT2D eigenvalue weighted by molar-refractivity contribution is 5.90. The molecule has 0 saturated heterocycles. The SMILES string of the molecule is CCc1c(C)c(C#N)c2nc3ccccc3n2c1N/N=C\c1cc2cccc(C)c2[nH]c1=O. The van der Waals surface area contributed by atoms with Crippen molar-refractivity contribution in [3.05, 3.63) is 86.7 Å². The quantitative estimate of drug-likeness (QED) is 0.313. The summed E-state index contributed by atoms with van der Waals surface area (Å²) in [5.41, 5.74) is 9.92. The van der Waals surface area contributed by atoms with Crippen LogP contribution in [-0.4, -0.2) is 20.6 Å². The summed E-state index contributed by atoms with van der Waals surface area (Å²) >= 11 is 0. The number of rotatable bonds is 4. The Morgan fingerprint density at radius 3 is 2.82 bits per heavy atom. The van der Waals surface area contributed by atoms with Crippen molar-refractivity contribution in [2.45, 2.75) is 27.2 Å². The second kappa shape index (κ2) is 7.92. The number of hydrogen-bond donors (Lipinski definition) is 2. The number of para-hydroxylation sites is 3. The largest absolute Gasteiger partial charge is 0.321 e. The van der Waals surface area contributed by atoms with E-state index in [0.717, 1.165) is 44.4 Å². The smallest absolute Gasteiger partial charge is 0.257 e. The molecule has 2 aromatic carbocycles. The van der Waals surface area contributed by atoms with Crippen LogP contribution in [0.15, 0.2) is 58.4 Å². The van der Waals surface area contributed by atoms with Crippen molar-refractivity contribution < 1.29 is 0 Å². The van der Waals surface area contributed by atoms with Gasteiger partial charge in [0.25, 0.3) is 5.56 Å². The van der Waals surface area contributed by atoms with Crippen molar-refractivity contribution in [1.29, 1.82) is 5.26 Å². The van der Waals surface area contributed by atoms with E-state index >= 15 is 0 Å². The predicted molar refractivity (Wildman–Crippen MR) is 132 cm³/mol. The summed E-state index contributed by atoms with van der Waals surface area (Å²) in [5, 5.41) is 15.2. The lowest BCUT2D eigenvalue weighted by molar-refractivity contribution is 1.04. The molecule has 7 nitrogen and oxygen atoms in total. The molecular weight excluding hydrogens is 412 g/mol. The van der Waals surface area contributed by atoms with Crippen molar-refractivity contribution in [1.82, 2.24) is 14.4 Å². The number of fused-ring (bicyclic) bond motifs is 4. The molecule has 0 bridgehead atoms. The molecule has 5 rings (SSSR count). The van der Waals surface area contributed by atoms with Gasteiger partial charge < -0.3 is 4.98 Å². The molecule has 0 atom stereocenters. The number of H-pyrrole nitrogens is 1. The van der Waals surface area contributed by atoms with E-state index < -0.39 is 0 Å². The number of benzene rings is 2. The van der Waals surface area contributed by atoms with E-state index in [-0.39, 0.29) is 5.56 Å². The number of imidazole rings is 1. The highest BCUT2D eigenvalue weighted by atomic mass is 16.1. The van der Waals surface area contributed by atoms with E-state index in [1.165, 1.54) is 6.21 Å². The van der Waals surface area contributed by atoms with Crippen molar-refractivity contribution >= 4 is 39.6 Å². The Hall–Kier alpha value is -4.44. The van der Waals surface area contributed by atoms with Crippen LogP contribution in [0.1, 0.15) is 34.7 Å². The van der Waals surface area contributed by atoms with Crippen molar-refractivity contribution in [3.63, 3.8) is 0 Å². The topological polar surface area (TPSA) is 98.3 Å². The van der Waals surface area contributed by atoms with Crippen LogP contribution in [0.25, 0.3) is 27.6 Å². The number of nitriles is 1. The summed E-state index contributed by atoms with van der Waals surface area (Å²) in [5.74, 6) is 0.738. The number of nitrogens with zero attached hydrogens (tertiary/aromatic N) is 4. The Balaban J connectivity index is 1.66. The first-order valence-electron chi connectivity index (χ1n) is 10.8. The third-order valence-corrected chi connectivity index (χ3v) is 6.08. The second-order valence-electron chi connectivity index (χ2n) is 8.01. The molecular formula is C26H22N6O. The van der Waals surface area contributed by atoms with Crippen molar-refractivity contribution in [2.75, 3.05) is 5.43 Å². The van der Waals surface area contributed by atoms with Gasteiger partial charge in [0.15, 0.2) is 5.65 Å². The van der Waals surface area contributed by atoms with E-state index in [0.29, 0.717) is 23.2 Å². The maximum Gasteiger partial charge on any atom is 0.257 e. The third kappa shape index (κ3) is 3.24. The van der Waals surface area contributed by atoms with E-state index in [2.05, 4.69) is 21.6 Å². The molecule has 0 aliphatic rings. The van der Waals surface area contributed by atoms with Gasteiger partial charge in [-0.15, -0.1) is 0 Å². The Kier molecular flexibility index (Phi) is 4.91. The number of aromatic amines is 1. The first kappa shape index (κ1) is 20.5. The van der Waals surface area contributed by atoms with Crippen LogP contribution in [0.2, 0.25) is 0 Å². The zero-order valence-electron chi connectivity index (χ0n) is 18.6. The minimum atomic E-state index is -0.202. The normalized spacial score (nSPS) is 11.6. The highest BCUT2D eigenvalue weighted by Gasteiger charge is 2.19. The number of anilines is 1. The van der Waals surface area contributed by atoms with E-state index in [1.807, 2.05) is 73.7 Å². The van der Waals surface area contributed by atoms with Crippen molar-refractivity contribution in [3.8, 4) is 6.07 Å². The van der Waals surface area contributed by atoms with E-state index in [9.17, 15) is 10.1 Å². The van der Waals surface area contributed by atoms with Crippen LogP contribution in [0.4, 0.5) is 5.82 Å². The summed E-state index contributed by atoms with van der Waals surface area (Å²) in [4.78, 5) is 20.3. The molecule has 0 aliphatic carbocycles. The highest BCUT2D eigenvalue weighted by Crippen LogP contribution is 2.31. The molecule has 5 aromatic rings. The van der Waals surface area contributed by atoms with Crippen LogP contribution in [0.3, 0.4) is 0 Å². The molecule has 3 aromatic heterocycles. The lowest BCUT2D eigenvalue weighted by Gasteiger charge is -2.15. The van der Waals surface area contributed by atoms with E-state index in [1.54, 1.807) is 0 Å². The molecule has 162 valence electrons. The van der Waals surface area contributed by atoms with Gasteiger partial charge in [-0.3, -0.25) is 14.6 Å². The average molecular weight is 435 g/mol. The molecule has 0 aliphatic heterocycles. The summed E-state index contributed by atoms with van der Waals surface area (Å²) < 4.78 is 1.94. The summed E-state index contributed by atoms with van der Waals surface area (Å²) in [6.45, 7) is 5.94. The van der Waals surface area contributed by atoms with Gasteiger partial charge in [-0.25, -0.2) is 4.98 Å². The first-order chi connectivity index (χ1) is 16.0. The van der Waals surface area contributed by atoms with Gasteiger partial charge in [-0.2, -0.15) is 10.4 Å². The Bertz CT molecular complexity index is 1680. The van der Waals surface area contributed by atoms with Crippen LogP contribution in [0, 0.1) is 25.2 Å². The van der Waals surface area contributed by atoms with Crippen LogP contribution >= 0.6 is 0 Å². The monoisotopic (exact) mass is 434 g/mol. The number of pyridine rings is 2. The van der Waals surface area contributed by atoms with Gasteiger partial charge in [0.1, 0.15) is 11.9 Å². The average Bonchev–Trinajstić information content (AvgIpc) is 3.19. The molecule has 0 radical (unpaired) electrons. The summed E-state index contributed by atoms with van der Waals surface area (Å²) in [7, 11) is 0. The van der Waals surface area contributed by atoms with Gasteiger partial charge in [-0.1, -0.05) is 37.3 Å². The lowest BCUT2D eigenvalue weighted by atomic mass is 10.0. The zero-order valence-corrected chi connectivity index (χ0v) is 18.6. The summed E-state index contributed by atoms with van der Waals surface area (Å²) in [6.07, 6.45) is 2.23. The zero-order chi connectivity index (χ0) is 23.1. The maximum absolute atomic E-state index is 12.6. The standard InChI is InChI=1S/C26H22N6O/c1-4-19-16(3)20(13-27)24-29-21-10-5-6-11-22(21)32(24)25(19)31-28-14-18-12-17-9-7-8-15(2)23(17)30-26(18)33/h5-12,14,31H,4H2,1-3H3,(H,30,33)/b28-14-. The third-order valence-electron chi connectivity index (χ3n) is 6.08. The molecule has 0 saturated carbocycles. The molecule has 2 N–H and O–H groups in total. The Morgan fingerprint density at radius 2 is 2.03 bits per heavy atom. The fourth-order valence-electron chi connectivity index (χ4n) is 4.39. The van der Waals surface area contributed by atoms with Crippen LogP contribution < -0.4 is 11.0 Å². The van der Waals surface area contributed by atoms with Crippen LogP contribution in [0.5, 0.6) is 0 Å². The number of hydrogen-bond acceptors (Lipinski definition) is 5. The maximum atomic E-state index is 12.6. The molecule has 0 spiro atoms. The van der Waals surface area contributed by atoms with Gasteiger partial charge in [-0.05, 0) is 60.5 Å². The second-order valence-corrected chi connectivity index (χ2v) is 8.01. The number of hydrazone groups is 1. The van der Waals surface area contributed by atoms with Gasteiger partial charge in [0.05, 0.1) is 33.9 Å². The molecule has 0 amide bonds. The van der Waals surface area contributed by atoms with Gasteiger partial charge >= 0.3 is 0 Å². The Morgan fingerprint density at radius 1 is 1.21 bits per heavy atom. The van der Waals surface area contributed by atoms with E-state index in [4.69, 9.17) is 4.98 Å². The molecule has 0 unspecified atom stereocenters. The number of aryl methyl sites for hydroxylation is 1. The number of aromatic nitrogens is 3. The van der Waals surface area contributed by atoms with Crippen LogP contribution in [-0.2, 0) is 6.42 Å².